The molecule has 2 fully saturated rings. The standard InChI is InChI=1S/C15H19ClN2O2/c16-13-4-2-12(3-5-13)8-18-11-15(20-9-14(18)19)6-1-7-17-10-15/h2-5,17H,1,6-11H2. The van der Waals surface area contributed by atoms with E-state index in [1.807, 2.05) is 29.2 Å². The molecule has 2 aliphatic heterocycles. The Hall–Kier alpha value is -1.10. The van der Waals surface area contributed by atoms with Gasteiger partial charge < -0.3 is 15.0 Å². The van der Waals surface area contributed by atoms with Crippen LogP contribution in [-0.2, 0) is 16.1 Å². The molecule has 1 unspecified atom stereocenters. The summed E-state index contributed by atoms with van der Waals surface area (Å²) in [5.74, 6) is 0.0659. The lowest BCUT2D eigenvalue weighted by Gasteiger charge is -2.44. The van der Waals surface area contributed by atoms with Crippen LogP contribution in [0.25, 0.3) is 0 Å². The van der Waals surface area contributed by atoms with Crippen molar-refractivity contribution in [1.29, 1.82) is 0 Å². The highest BCUT2D eigenvalue weighted by Gasteiger charge is 2.40. The lowest BCUT2D eigenvalue weighted by molar-refractivity contribution is -0.167. The van der Waals surface area contributed by atoms with E-state index in [-0.39, 0.29) is 18.1 Å². The van der Waals surface area contributed by atoms with Crippen molar-refractivity contribution in [1.82, 2.24) is 10.2 Å². The van der Waals surface area contributed by atoms with Crippen LogP contribution < -0.4 is 5.32 Å². The maximum absolute atomic E-state index is 12.0. The Balaban J connectivity index is 1.70. The number of benzene rings is 1. The van der Waals surface area contributed by atoms with Gasteiger partial charge in [-0.2, -0.15) is 0 Å². The SMILES string of the molecule is O=C1COC2(CCCNC2)CN1Cc1ccc(Cl)cc1. The second-order valence-corrected chi connectivity index (χ2v) is 6.06. The maximum Gasteiger partial charge on any atom is 0.249 e. The Labute approximate surface area is 124 Å². The molecule has 2 heterocycles. The molecular formula is C15H19ClN2O2. The number of halogens is 1. The van der Waals surface area contributed by atoms with Gasteiger partial charge in [0, 0.05) is 18.1 Å². The highest BCUT2D eigenvalue weighted by Crippen LogP contribution is 2.27. The number of carbonyl (C=O) groups excluding carboxylic acids is 1. The van der Waals surface area contributed by atoms with Crippen LogP contribution >= 0.6 is 11.6 Å². The first-order valence-corrected chi connectivity index (χ1v) is 7.42. The molecule has 1 aromatic rings. The summed E-state index contributed by atoms with van der Waals surface area (Å²) in [4.78, 5) is 13.9. The molecule has 5 heteroatoms. The van der Waals surface area contributed by atoms with Crippen LogP contribution in [0.1, 0.15) is 18.4 Å². The van der Waals surface area contributed by atoms with Crippen LogP contribution in [0, 0.1) is 0 Å². The molecule has 1 spiro atoms. The van der Waals surface area contributed by atoms with E-state index in [1.165, 1.54) is 0 Å². The van der Waals surface area contributed by atoms with Crippen LogP contribution in [0.3, 0.4) is 0 Å². The first-order chi connectivity index (χ1) is 9.67. The van der Waals surface area contributed by atoms with E-state index in [0.717, 1.165) is 36.5 Å². The Morgan fingerprint density at radius 3 is 2.85 bits per heavy atom. The molecule has 1 aromatic carbocycles. The first kappa shape index (κ1) is 13.9. The third-order valence-electron chi connectivity index (χ3n) is 4.05. The zero-order chi connectivity index (χ0) is 14.0. The van der Waals surface area contributed by atoms with E-state index in [9.17, 15) is 4.79 Å². The number of amides is 1. The molecular weight excluding hydrogens is 276 g/mol. The summed E-state index contributed by atoms with van der Waals surface area (Å²) in [6, 6.07) is 7.66. The van der Waals surface area contributed by atoms with Gasteiger partial charge in [-0.15, -0.1) is 0 Å². The number of carbonyl (C=O) groups is 1. The number of nitrogens with one attached hydrogen (secondary N) is 1. The Morgan fingerprint density at radius 1 is 1.35 bits per heavy atom. The second kappa shape index (κ2) is 5.72. The van der Waals surface area contributed by atoms with E-state index in [2.05, 4.69) is 5.32 Å². The summed E-state index contributed by atoms with van der Waals surface area (Å²) in [7, 11) is 0. The maximum atomic E-state index is 12.0. The van der Waals surface area contributed by atoms with Gasteiger partial charge in [0.25, 0.3) is 0 Å². The Kier molecular flexibility index (Phi) is 3.96. The van der Waals surface area contributed by atoms with E-state index >= 15 is 0 Å². The number of piperidine rings is 1. The summed E-state index contributed by atoms with van der Waals surface area (Å²) in [6.07, 6.45) is 2.12. The minimum absolute atomic E-state index is 0.0659. The average molecular weight is 295 g/mol. The minimum Gasteiger partial charge on any atom is -0.362 e. The van der Waals surface area contributed by atoms with Crippen molar-refractivity contribution in [2.45, 2.75) is 25.0 Å². The zero-order valence-electron chi connectivity index (χ0n) is 11.4. The fraction of sp³-hybridized carbons (Fsp3) is 0.533. The molecule has 0 radical (unpaired) electrons. The van der Waals surface area contributed by atoms with Crippen LogP contribution in [0.15, 0.2) is 24.3 Å². The van der Waals surface area contributed by atoms with Gasteiger partial charge in [-0.05, 0) is 37.1 Å². The van der Waals surface area contributed by atoms with Crippen molar-refractivity contribution in [2.75, 3.05) is 26.2 Å². The van der Waals surface area contributed by atoms with Crippen LogP contribution in [-0.4, -0.2) is 42.6 Å². The van der Waals surface area contributed by atoms with E-state index < -0.39 is 0 Å². The molecule has 1 amide bonds. The fourth-order valence-corrected chi connectivity index (χ4v) is 3.07. The topological polar surface area (TPSA) is 41.6 Å². The number of morpholine rings is 1. The number of hydrogen-bond donors (Lipinski definition) is 1. The molecule has 0 bridgehead atoms. The van der Waals surface area contributed by atoms with Crippen molar-refractivity contribution in [3.8, 4) is 0 Å². The zero-order valence-corrected chi connectivity index (χ0v) is 12.2. The van der Waals surface area contributed by atoms with Gasteiger partial charge in [0.15, 0.2) is 0 Å². The normalized spacial score (nSPS) is 27.1. The van der Waals surface area contributed by atoms with Gasteiger partial charge in [-0.25, -0.2) is 0 Å². The first-order valence-electron chi connectivity index (χ1n) is 7.04. The molecule has 2 aliphatic rings. The predicted molar refractivity (Wildman–Crippen MR) is 77.7 cm³/mol. The molecule has 20 heavy (non-hydrogen) atoms. The summed E-state index contributed by atoms with van der Waals surface area (Å²) in [6.45, 7) is 3.35. The average Bonchev–Trinajstić information content (AvgIpc) is 2.47. The molecule has 0 aliphatic carbocycles. The molecule has 2 saturated heterocycles. The lowest BCUT2D eigenvalue weighted by atomic mass is 9.91. The van der Waals surface area contributed by atoms with Crippen molar-refractivity contribution >= 4 is 17.5 Å². The van der Waals surface area contributed by atoms with Gasteiger partial charge in [0.1, 0.15) is 6.61 Å². The van der Waals surface area contributed by atoms with Crippen molar-refractivity contribution in [3.05, 3.63) is 34.9 Å². The second-order valence-electron chi connectivity index (χ2n) is 5.63. The van der Waals surface area contributed by atoms with E-state index in [0.29, 0.717) is 13.1 Å². The third-order valence-corrected chi connectivity index (χ3v) is 4.31. The molecule has 4 nitrogen and oxygen atoms in total. The van der Waals surface area contributed by atoms with Gasteiger partial charge in [0.05, 0.1) is 12.1 Å². The highest BCUT2D eigenvalue weighted by molar-refractivity contribution is 6.30. The number of nitrogens with zero attached hydrogens (tertiary/aromatic N) is 1. The van der Waals surface area contributed by atoms with Gasteiger partial charge >= 0.3 is 0 Å². The Morgan fingerprint density at radius 2 is 2.15 bits per heavy atom. The van der Waals surface area contributed by atoms with Crippen LogP contribution in [0.4, 0.5) is 0 Å². The number of rotatable bonds is 2. The summed E-state index contributed by atoms with van der Waals surface area (Å²) >= 11 is 5.89. The van der Waals surface area contributed by atoms with Crippen molar-refractivity contribution in [3.63, 3.8) is 0 Å². The smallest absolute Gasteiger partial charge is 0.249 e. The summed E-state index contributed by atoms with van der Waals surface area (Å²) < 4.78 is 5.83. The predicted octanol–water partition coefficient (Wildman–Crippen LogP) is 1.82. The van der Waals surface area contributed by atoms with E-state index in [4.69, 9.17) is 16.3 Å². The van der Waals surface area contributed by atoms with Crippen molar-refractivity contribution < 1.29 is 9.53 Å². The fourth-order valence-electron chi connectivity index (χ4n) is 2.94. The third kappa shape index (κ3) is 2.97. The summed E-state index contributed by atoms with van der Waals surface area (Å²) in [5.41, 5.74) is 0.905. The monoisotopic (exact) mass is 294 g/mol. The lowest BCUT2D eigenvalue weighted by Crippen LogP contribution is -2.60. The largest absolute Gasteiger partial charge is 0.362 e. The molecule has 0 saturated carbocycles. The van der Waals surface area contributed by atoms with Gasteiger partial charge in [-0.1, -0.05) is 23.7 Å². The van der Waals surface area contributed by atoms with Crippen LogP contribution in [0.5, 0.6) is 0 Å². The van der Waals surface area contributed by atoms with E-state index in [1.54, 1.807) is 0 Å². The molecule has 3 rings (SSSR count). The molecule has 1 N–H and O–H groups in total. The quantitative estimate of drug-likeness (QED) is 0.905. The molecule has 108 valence electrons. The summed E-state index contributed by atoms with van der Waals surface area (Å²) in [5, 5.41) is 4.09. The van der Waals surface area contributed by atoms with Crippen LogP contribution in [0.2, 0.25) is 5.02 Å². The van der Waals surface area contributed by atoms with Gasteiger partial charge in [-0.3, -0.25) is 4.79 Å². The number of hydrogen-bond acceptors (Lipinski definition) is 3. The molecule has 1 atom stereocenters. The van der Waals surface area contributed by atoms with Crippen molar-refractivity contribution in [2.24, 2.45) is 0 Å². The number of ether oxygens (including phenoxy) is 1. The van der Waals surface area contributed by atoms with Gasteiger partial charge in [0.2, 0.25) is 5.91 Å². The minimum atomic E-state index is -0.196. The Bertz CT molecular complexity index is 483. The highest BCUT2D eigenvalue weighted by atomic mass is 35.5. The molecule has 0 aromatic heterocycles.